The standard InChI is InChI=1S/C66H125NO11S/c1-3-5-7-9-11-13-15-17-18-19-20-21-22-23-24-25-26-27-28-29-30-31-32-33-34-35-36-37-38-39-40-41-42-44-46-48-50-52-54-56-62(70)67-59(60(69)55-53-51-49-47-45-43-16-14-12-10-8-6-4-2)58-76-66-64(72)65(78-79(73,74)75)63(71)61(57-68)77-66/h26-27,29-30,53,55,59-61,63-66,68-69,71-72H,3-25,28,31-52,54,56-58H2,1-2H3,(H,67,70)(H,73,74,75)/b27-26-,30-29-,55-53+. The number of carbonyl (C=O) groups excluding carboxylic acids is 1. The minimum atomic E-state index is -5.09. The Morgan fingerprint density at radius 1 is 0.506 bits per heavy atom. The van der Waals surface area contributed by atoms with Crippen LogP contribution < -0.4 is 5.32 Å². The van der Waals surface area contributed by atoms with E-state index in [2.05, 4.69) is 47.7 Å². The highest BCUT2D eigenvalue weighted by molar-refractivity contribution is 7.80. The van der Waals surface area contributed by atoms with E-state index in [4.69, 9.17) is 9.47 Å². The number of hydrogen-bond acceptors (Lipinski definition) is 10. The molecule has 1 rings (SSSR count). The lowest BCUT2D eigenvalue weighted by atomic mass is 9.99. The van der Waals surface area contributed by atoms with Gasteiger partial charge in [-0.1, -0.05) is 301 Å². The molecule has 1 saturated heterocycles. The molecular weight excluding hydrogens is 1010 g/mol. The zero-order valence-corrected chi connectivity index (χ0v) is 51.8. The van der Waals surface area contributed by atoms with Crippen LogP contribution in [-0.4, -0.2) is 95.4 Å². The molecule has 0 bridgehead atoms. The number of unbranched alkanes of at least 4 members (excludes halogenated alkanes) is 43. The molecule has 1 heterocycles. The molecule has 1 aliphatic rings. The van der Waals surface area contributed by atoms with Gasteiger partial charge >= 0.3 is 10.4 Å². The van der Waals surface area contributed by atoms with E-state index >= 15 is 0 Å². The average molecular weight is 1140 g/mol. The van der Waals surface area contributed by atoms with E-state index in [-0.39, 0.29) is 18.9 Å². The van der Waals surface area contributed by atoms with Crippen molar-refractivity contribution in [2.75, 3.05) is 13.2 Å². The molecular formula is C66H125NO11S. The maximum atomic E-state index is 13.1. The molecule has 7 unspecified atom stereocenters. The smallest absolute Gasteiger partial charge is 0.394 e. The van der Waals surface area contributed by atoms with Crippen molar-refractivity contribution in [2.45, 2.75) is 365 Å². The summed E-state index contributed by atoms with van der Waals surface area (Å²) < 4.78 is 47.8. The van der Waals surface area contributed by atoms with Crippen LogP contribution in [0.25, 0.3) is 0 Å². The third kappa shape index (κ3) is 47.4. The first-order valence-electron chi connectivity index (χ1n) is 33.4. The molecule has 0 radical (unpaired) electrons. The van der Waals surface area contributed by atoms with Gasteiger partial charge in [0.25, 0.3) is 0 Å². The Hall–Kier alpha value is -1.68. The summed E-state index contributed by atoms with van der Waals surface area (Å²) in [4.78, 5) is 13.1. The lowest BCUT2D eigenvalue weighted by Crippen LogP contribution is -2.61. The van der Waals surface area contributed by atoms with Crippen LogP contribution in [-0.2, 0) is 28.9 Å². The van der Waals surface area contributed by atoms with E-state index in [0.29, 0.717) is 6.42 Å². The summed E-state index contributed by atoms with van der Waals surface area (Å²) in [6.45, 7) is 3.42. The van der Waals surface area contributed by atoms with Gasteiger partial charge in [0, 0.05) is 6.42 Å². The summed E-state index contributed by atoms with van der Waals surface area (Å²) in [5.41, 5.74) is 0. The molecule has 12 nitrogen and oxygen atoms in total. The number of amides is 1. The predicted octanol–water partition coefficient (Wildman–Crippen LogP) is 16.9. The monoisotopic (exact) mass is 1140 g/mol. The summed E-state index contributed by atoms with van der Waals surface area (Å²) in [6, 6.07) is -0.943. The van der Waals surface area contributed by atoms with Crippen molar-refractivity contribution in [2.24, 2.45) is 0 Å². The Morgan fingerprint density at radius 3 is 1.20 bits per heavy atom. The minimum Gasteiger partial charge on any atom is -0.394 e. The molecule has 7 atom stereocenters. The molecule has 1 aliphatic heterocycles. The topological polar surface area (TPSA) is 192 Å². The number of hydrogen-bond donors (Lipinski definition) is 6. The number of allylic oxidation sites excluding steroid dienone is 5. The Morgan fingerprint density at radius 2 is 0.848 bits per heavy atom. The molecule has 79 heavy (non-hydrogen) atoms. The Bertz CT molecular complexity index is 1530. The number of aliphatic hydroxyl groups is 4. The first-order chi connectivity index (χ1) is 38.5. The maximum absolute atomic E-state index is 13.1. The quantitative estimate of drug-likeness (QED) is 0.0193. The van der Waals surface area contributed by atoms with E-state index < -0.39 is 59.9 Å². The van der Waals surface area contributed by atoms with Gasteiger partial charge in [0.15, 0.2) is 6.29 Å². The molecule has 0 spiro atoms. The number of carbonyl (C=O) groups is 1. The predicted molar refractivity (Wildman–Crippen MR) is 328 cm³/mol. The molecule has 466 valence electrons. The van der Waals surface area contributed by atoms with Crippen molar-refractivity contribution in [3.05, 3.63) is 36.5 Å². The normalized spacial score (nSPS) is 18.9. The molecule has 6 N–H and O–H groups in total. The van der Waals surface area contributed by atoms with Crippen LogP contribution in [0, 0.1) is 0 Å². The van der Waals surface area contributed by atoms with E-state index in [0.717, 1.165) is 44.9 Å². The maximum Gasteiger partial charge on any atom is 0.397 e. The van der Waals surface area contributed by atoms with Gasteiger partial charge in [0.1, 0.15) is 24.4 Å². The summed E-state index contributed by atoms with van der Waals surface area (Å²) in [5, 5.41) is 44.9. The van der Waals surface area contributed by atoms with Crippen LogP contribution in [0.3, 0.4) is 0 Å². The van der Waals surface area contributed by atoms with Crippen LogP contribution in [0.4, 0.5) is 0 Å². The van der Waals surface area contributed by atoms with Crippen LogP contribution in [0.5, 0.6) is 0 Å². The van der Waals surface area contributed by atoms with Crippen LogP contribution in [0.2, 0.25) is 0 Å². The molecule has 1 fully saturated rings. The molecule has 13 heteroatoms. The van der Waals surface area contributed by atoms with Gasteiger partial charge in [0.2, 0.25) is 5.91 Å². The second kappa shape index (κ2) is 55.5. The van der Waals surface area contributed by atoms with Gasteiger partial charge in [-0.25, -0.2) is 4.18 Å². The third-order valence-electron chi connectivity index (χ3n) is 15.9. The highest BCUT2D eigenvalue weighted by atomic mass is 32.3. The highest BCUT2D eigenvalue weighted by Crippen LogP contribution is 2.26. The van der Waals surface area contributed by atoms with Gasteiger partial charge in [-0.3, -0.25) is 9.35 Å². The van der Waals surface area contributed by atoms with Crippen molar-refractivity contribution in [1.82, 2.24) is 5.32 Å². The lowest BCUT2D eigenvalue weighted by Gasteiger charge is -2.41. The summed E-state index contributed by atoms with van der Waals surface area (Å²) in [5.74, 6) is -0.259. The van der Waals surface area contributed by atoms with Crippen LogP contribution in [0.15, 0.2) is 36.5 Å². The van der Waals surface area contributed by atoms with Crippen molar-refractivity contribution in [3.8, 4) is 0 Å². The second-order valence-corrected chi connectivity index (χ2v) is 24.5. The molecule has 1 amide bonds. The van der Waals surface area contributed by atoms with Gasteiger partial charge < -0.3 is 35.2 Å². The average Bonchev–Trinajstić information content (AvgIpc) is 3.43. The largest absolute Gasteiger partial charge is 0.397 e. The fraction of sp³-hybridized carbons (Fsp3) is 0.894. The van der Waals surface area contributed by atoms with E-state index in [9.17, 15) is 38.2 Å². The lowest BCUT2D eigenvalue weighted by molar-refractivity contribution is -0.298. The first kappa shape index (κ1) is 75.3. The fourth-order valence-electron chi connectivity index (χ4n) is 10.8. The van der Waals surface area contributed by atoms with Crippen LogP contribution in [0.1, 0.15) is 322 Å². The van der Waals surface area contributed by atoms with Crippen LogP contribution >= 0.6 is 0 Å². The van der Waals surface area contributed by atoms with Gasteiger partial charge in [0.05, 0.1) is 25.4 Å². The SMILES string of the molecule is CCCCCCCCCCCCC/C=C/C(O)C(COC1OC(CO)C(O)C(OS(=O)(=O)O)C1O)NC(=O)CCCCCCCCCCCCCCCCCCC/C=C\C/C=C\CCCCCCCCCCCCCCCCC. The van der Waals surface area contributed by atoms with Crippen molar-refractivity contribution in [3.63, 3.8) is 0 Å². The van der Waals surface area contributed by atoms with Gasteiger partial charge in [-0.15, -0.1) is 0 Å². The Balaban J connectivity index is 2.14. The molecule has 0 aliphatic carbocycles. The van der Waals surface area contributed by atoms with E-state index in [1.807, 2.05) is 6.08 Å². The fourth-order valence-corrected chi connectivity index (χ4v) is 11.3. The Kier molecular flexibility index (Phi) is 52.9. The number of nitrogens with one attached hydrogen (secondary N) is 1. The van der Waals surface area contributed by atoms with Crippen molar-refractivity contribution in [1.29, 1.82) is 0 Å². The zero-order chi connectivity index (χ0) is 57.5. The van der Waals surface area contributed by atoms with Gasteiger partial charge in [-0.2, -0.15) is 8.42 Å². The number of aliphatic hydroxyl groups excluding tert-OH is 4. The van der Waals surface area contributed by atoms with Crippen molar-refractivity contribution < 1.29 is 51.8 Å². The summed E-state index contributed by atoms with van der Waals surface area (Å²) in [7, 11) is -5.09. The highest BCUT2D eigenvalue weighted by Gasteiger charge is 2.48. The third-order valence-corrected chi connectivity index (χ3v) is 16.4. The molecule has 0 saturated carbocycles. The number of ether oxygens (including phenoxy) is 2. The Labute approximate surface area is 485 Å². The minimum absolute atomic E-state index is 0.259. The summed E-state index contributed by atoms with van der Waals surface area (Å²) in [6.07, 6.45) is 63.9. The second-order valence-electron chi connectivity index (χ2n) is 23.4. The first-order valence-corrected chi connectivity index (χ1v) is 34.7. The van der Waals surface area contributed by atoms with E-state index in [1.54, 1.807) is 6.08 Å². The molecule has 0 aromatic carbocycles. The molecule has 0 aromatic heterocycles. The molecule has 0 aromatic rings. The number of rotatable bonds is 59. The zero-order valence-electron chi connectivity index (χ0n) is 51.0. The van der Waals surface area contributed by atoms with Crippen molar-refractivity contribution >= 4 is 16.3 Å². The van der Waals surface area contributed by atoms with Gasteiger partial charge in [-0.05, 0) is 51.4 Å². The summed E-state index contributed by atoms with van der Waals surface area (Å²) >= 11 is 0. The van der Waals surface area contributed by atoms with E-state index in [1.165, 1.54) is 250 Å².